The Morgan fingerprint density at radius 3 is 2.33 bits per heavy atom. The molecule has 21 heavy (non-hydrogen) atoms. The van der Waals surface area contributed by atoms with Gasteiger partial charge in [-0.25, -0.2) is 4.39 Å². The Kier molecular flexibility index (Phi) is 4.08. The molecule has 1 aromatic carbocycles. The second kappa shape index (κ2) is 5.39. The molecule has 0 unspecified atom stereocenters. The number of hydrogen-bond donors (Lipinski definition) is 2. The standard InChI is InChI=1S/C16H24FN3O/c1-15(2)9-20(10-16(3,4)21-15)8-11-5-12(14(18)19)7-13(17)6-11/h5-7H,8-10H2,1-4H3,(H3,18,19). The van der Waals surface area contributed by atoms with Gasteiger partial charge in [0.15, 0.2) is 0 Å². The summed E-state index contributed by atoms with van der Waals surface area (Å²) >= 11 is 0. The number of morpholine rings is 1. The van der Waals surface area contributed by atoms with Crippen LogP contribution in [-0.4, -0.2) is 35.0 Å². The molecule has 3 N–H and O–H groups in total. The number of rotatable bonds is 3. The van der Waals surface area contributed by atoms with Crippen LogP contribution in [0.2, 0.25) is 0 Å². The largest absolute Gasteiger partial charge is 0.384 e. The third-order valence-corrected chi connectivity index (χ3v) is 3.44. The van der Waals surface area contributed by atoms with Crippen molar-refractivity contribution in [3.63, 3.8) is 0 Å². The van der Waals surface area contributed by atoms with Crippen molar-refractivity contribution in [2.24, 2.45) is 5.73 Å². The fourth-order valence-corrected chi connectivity index (χ4v) is 3.21. The highest BCUT2D eigenvalue weighted by molar-refractivity contribution is 5.95. The SMILES string of the molecule is CC1(C)CN(Cc2cc(F)cc(C(=N)N)c2)CC(C)(C)O1. The Morgan fingerprint density at radius 2 is 1.81 bits per heavy atom. The van der Waals surface area contributed by atoms with Crippen LogP contribution >= 0.6 is 0 Å². The normalized spacial score (nSPS) is 21.2. The average molecular weight is 293 g/mol. The molecule has 0 saturated carbocycles. The molecule has 1 aromatic rings. The lowest BCUT2D eigenvalue weighted by molar-refractivity contribution is -0.182. The van der Waals surface area contributed by atoms with E-state index in [1.165, 1.54) is 12.1 Å². The van der Waals surface area contributed by atoms with E-state index in [-0.39, 0.29) is 22.9 Å². The summed E-state index contributed by atoms with van der Waals surface area (Å²) in [7, 11) is 0. The van der Waals surface area contributed by atoms with Crippen molar-refractivity contribution in [3.05, 3.63) is 35.1 Å². The summed E-state index contributed by atoms with van der Waals surface area (Å²) in [4.78, 5) is 2.25. The molecular weight excluding hydrogens is 269 g/mol. The van der Waals surface area contributed by atoms with Crippen molar-refractivity contribution in [3.8, 4) is 0 Å². The molecule has 1 fully saturated rings. The van der Waals surface area contributed by atoms with Crippen molar-refractivity contribution >= 4 is 5.84 Å². The molecule has 1 heterocycles. The van der Waals surface area contributed by atoms with Gasteiger partial charge in [-0.15, -0.1) is 0 Å². The molecular formula is C16H24FN3O. The van der Waals surface area contributed by atoms with Crippen molar-refractivity contribution in [2.45, 2.75) is 45.4 Å². The average Bonchev–Trinajstić information content (AvgIpc) is 2.22. The molecule has 0 aliphatic carbocycles. The van der Waals surface area contributed by atoms with E-state index in [2.05, 4.69) is 32.6 Å². The smallest absolute Gasteiger partial charge is 0.124 e. The Balaban J connectivity index is 2.19. The Labute approximate surface area is 125 Å². The van der Waals surface area contributed by atoms with Crippen LogP contribution in [0.15, 0.2) is 18.2 Å². The van der Waals surface area contributed by atoms with E-state index in [1.54, 1.807) is 6.07 Å². The summed E-state index contributed by atoms with van der Waals surface area (Å²) in [5.74, 6) is -0.470. The summed E-state index contributed by atoms with van der Waals surface area (Å²) in [6, 6.07) is 4.57. The van der Waals surface area contributed by atoms with Gasteiger partial charge in [-0.2, -0.15) is 0 Å². The van der Waals surface area contributed by atoms with Crippen molar-refractivity contribution in [2.75, 3.05) is 13.1 Å². The predicted molar refractivity (Wildman–Crippen MR) is 81.9 cm³/mol. The maximum absolute atomic E-state index is 13.7. The number of nitrogen functional groups attached to an aromatic ring is 1. The lowest BCUT2D eigenvalue weighted by Crippen LogP contribution is -2.56. The zero-order valence-corrected chi connectivity index (χ0v) is 13.2. The van der Waals surface area contributed by atoms with Crippen molar-refractivity contribution in [1.29, 1.82) is 5.41 Å². The minimum atomic E-state index is -0.357. The molecule has 1 saturated heterocycles. The van der Waals surface area contributed by atoms with Crippen LogP contribution < -0.4 is 5.73 Å². The van der Waals surface area contributed by atoms with Crippen LogP contribution in [0.3, 0.4) is 0 Å². The molecule has 1 aliphatic rings. The van der Waals surface area contributed by atoms with E-state index in [1.807, 2.05) is 0 Å². The molecule has 4 nitrogen and oxygen atoms in total. The van der Waals surface area contributed by atoms with Gasteiger partial charge in [0.25, 0.3) is 0 Å². The van der Waals surface area contributed by atoms with Gasteiger partial charge in [0, 0.05) is 25.2 Å². The number of ether oxygens (including phenoxy) is 1. The van der Waals surface area contributed by atoms with Gasteiger partial charge in [0.1, 0.15) is 11.7 Å². The Morgan fingerprint density at radius 1 is 1.24 bits per heavy atom. The lowest BCUT2D eigenvalue weighted by atomic mass is 9.98. The second-order valence-electron chi connectivity index (χ2n) is 7.03. The fraction of sp³-hybridized carbons (Fsp3) is 0.562. The zero-order valence-electron chi connectivity index (χ0n) is 13.2. The van der Waals surface area contributed by atoms with Gasteiger partial charge in [-0.1, -0.05) is 0 Å². The molecule has 5 heteroatoms. The number of hydrogen-bond acceptors (Lipinski definition) is 3. The quantitative estimate of drug-likeness (QED) is 0.665. The molecule has 2 rings (SSSR count). The number of amidine groups is 1. The predicted octanol–water partition coefficient (Wildman–Crippen LogP) is 2.50. The first-order chi connectivity index (χ1) is 9.56. The first-order valence-electron chi connectivity index (χ1n) is 7.13. The number of nitrogens with one attached hydrogen (secondary N) is 1. The topological polar surface area (TPSA) is 62.3 Å². The van der Waals surface area contributed by atoms with Gasteiger partial charge in [-0.05, 0) is 51.5 Å². The molecule has 0 amide bonds. The number of benzene rings is 1. The third kappa shape index (κ3) is 4.25. The van der Waals surface area contributed by atoms with E-state index >= 15 is 0 Å². The first kappa shape index (κ1) is 15.9. The highest BCUT2D eigenvalue weighted by Gasteiger charge is 2.37. The van der Waals surface area contributed by atoms with E-state index in [0.717, 1.165) is 18.7 Å². The molecule has 0 bridgehead atoms. The van der Waals surface area contributed by atoms with Crippen LogP contribution in [0.5, 0.6) is 0 Å². The number of halogens is 1. The lowest BCUT2D eigenvalue weighted by Gasteiger charge is -2.47. The highest BCUT2D eigenvalue weighted by atomic mass is 19.1. The number of nitrogens with two attached hydrogens (primary N) is 1. The van der Waals surface area contributed by atoms with E-state index in [9.17, 15) is 4.39 Å². The maximum Gasteiger partial charge on any atom is 0.124 e. The Hall–Kier alpha value is -1.46. The first-order valence-corrected chi connectivity index (χ1v) is 7.13. The maximum atomic E-state index is 13.7. The highest BCUT2D eigenvalue weighted by Crippen LogP contribution is 2.29. The Bertz CT molecular complexity index is 538. The van der Waals surface area contributed by atoms with Crippen molar-refractivity contribution < 1.29 is 9.13 Å². The zero-order chi connectivity index (χ0) is 15.8. The summed E-state index contributed by atoms with van der Waals surface area (Å²) in [6.07, 6.45) is 0. The van der Waals surface area contributed by atoms with Gasteiger partial charge >= 0.3 is 0 Å². The summed E-state index contributed by atoms with van der Waals surface area (Å²) in [5, 5.41) is 7.45. The molecule has 1 aliphatic heterocycles. The monoisotopic (exact) mass is 293 g/mol. The summed E-state index contributed by atoms with van der Waals surface area (Å²) in [6.45, 7) is 10.4. The van der Waals surface area contributed by atoms with E-state index < -0.39 is 0 Å². The van der Waals surface area contributed by atoms with Gasteiger partial charge < -0.3 is 10.5 Å². The van der Waals surface area contributed by atoms with Crippen LogP contribution in [0.4, 0.5) is 4.39 Å². The third-order valence-electron chi connectivity index (χ3n) is 3.44. The van der Waals surface area contributed by atoms with Crippen LogP contribution in [0, 0.1) is 11.2 Å². The molecule has 0 spiro atoms. The van der Waals surface area contributed by atoms with Gasteiger partial charge in [0.2, 0.25) is 0 Å². The molecule has 0 atom stereocenters. The van der Waals surface area contributed by atoms with E-state index in [4.69, 9.17) is 15.9 Å². The minimum Gasteiger partial charge on any atom is -0.384 e. The number of nitrogens with zero attached hydrogens (tertiary/aromatic N) is 1. The molecule has 0 radical (unpaired) electrons. The van der Waals surface area contributed by atoms with Gasteiger partial charge in [-0.3, -0.25) is 10.3 Å². The van der Waals surface area contributed by atoms with Crippen LogP contribution in [0.1, 0.15) is 38.8 Å². The molecule has 116 valence electrons. The van der Waals surface area contributed by atoms with Gasteiger partial charge in [0.05, 0.1) is 11.2 Å². The summed E-state index contributed by atoms with van der Waals surface area (Å²) in [5.41, 5.74) is 6.23. The van der Waals surface area contributed by atoms with Crippen LogP contribution in [-0.2, 0) is 11.3 Å². The second-order valence-corrected chi connectivity index (χ2v) is 7.03. The van der Waals surface area contributed by atoms with Crippen molar-refractivity contribution in [1.82, 2.24) is 4.90 Å². The fourth-order valence-electron chi connectivity index (χ4n) is 3.21. The van der Waals surface area contributed by atoms with E-state index in [0.29, 0.717) is 12.1 Å². The minimum absolute atomic E-state index is 0.113. The summed E-state index contributed by atoms with van der Waals surface area (Å²) < 4.78 is 19.7. The van der Waals surface area contributed by atoms with Crippen LogP contribution in [0.25, 0.3) is 0 Å². The molecule has 0 aromatic heterocycles.